The molecule has 1 aromatic carbocycles. The summed E-state index contributed by atoms with van der Waals surface area (Å²) < 4.78 is 4.53. The maximum atomic E-state index is 12.7. The lowest BCUT2D eigenvalue weighted by molar-refractivity contribution is -0.133. The number of methoxy groups -OCH3 is 1. The Morgan fingerprint density at radius 1 is 1.25 bits per heavy atom. The molecule has 3 rings (SSSR count). The van der Waals surface area contributed by atoms with Gasteiger partial charge in [0.1, 0.15) is 5.92 Å². The highest BCUT2D eigenvalue weighted by Crippen LogP contribution is 2.41. The number of halogens is 2. The van der Waals surface area contributed by atoms with Gasteiger partial charge in [-0.1, -0.05) is 29.3 Å². The molecule has 2 heterocycles. The number of para-hydroxylation sites is 1. The Balaban J connectivity index is 2.11. The van der Waals surface area contributed by atoms with E-state index in [1.165, 1.54) is 12.1 Å². The number of rotatable bonds is 3. The van der Waals surface area contributed by atoms with Gasteiger partial charge >= 0.3 is 5.97 Å². The van der Waals surface area contributed by atoms with Crippen molar-refractivity contribution >= 4 is 52.4 Å². The zero-order valence-corrected chi connectivity index (χ0v) is 13.5. The molecule has 0 unspecified atom stereocenters. The number of amides is 2. The molecule has 0 saturated carbocycles. The molecule has 0 aromatic heterocycles. The third-order valence-electron chi connectivity index (χ3n) is 3.67. The van der Waals surface area contributed by atoms with Crippen molar-refractivity contribution in [3.8, 4) is 0 Å². The molecule has 0 N–H and O–H groups in total. The van der Waals surface area contributed by atoms with Crippen molar-refractivity contribution in [2.24, 2.45) is 16.3 Å². The van der Waals surface area contributed by atoms with Crippen molar-refractivity contribution in [2.75, 3.05) is 12.0 Å². The number of hydrogen-bond acceptors (Lipinski definition) is 7. The average Bonchev–Trinajstić information content (AvgIpc) is 3.06. The van der Waals surface area contributed by atoms with Crippen molar-refractivity contribution in [1.29, 1.82) is 0 Å². The van der Waals surface area contributed by atoms with Gasteiger partial charge in [0.2, 0.25) is 5.91 Å². The third kappa shape index (κ3) is 2.16. The molecule has 24 heavy (non-hydrogen) atoms. The Hall–Kier alpha value is -2.52. The molecule has 124 valence electrons. The number of fused-ring (bicyclic) bond motifs is 1. The summed E-state index contributed by atoms with van der Waals surface area (Å²) in [5.41, 5.74) is -0.411. The van der Waals surface area contributed by atoms with Crippen LogP contribution in [0.4, 0.5) is 5.69 Å². The first kappa shape index (κ1) is 16.3. The van der Waals surface area contributed by atoms with Gasteiger partial charge < -0.3 is 4.74 Å². The topological polar surface area (TPSA) is 109 Å². The Morgan fingerprint density at radius 2 is 1.88 bits per heavy atom. The van der Waals surface area contributed by atoms with Gasteiger partial charge in [0.25, 0.3) is 5.91 Å². The molecule has 11 heteroatoms. The number of nitroso groups, excluding NO2 is 1. The van der Waals surface area contributed by atoms with Gasteiger partial charge in [-0.25, -0.2) is 9.69 Å². The molecule has 9 nitrogen and oxygen atoms in total. The molecule has 2 atom stereocenters. The number of esters is 1. The summed E-state index contributed by atoms with van der Waals surface area (Å²) in [7, 11) is 1.08. The standard InChI is InChI=1S/C13H8Cl2N4O5/c1-24-13(22)8-7-10(19(16-8)17-23)12(21)18(11(7)20)9-5(14)3-2-4-6(9)15/h2-4,7,10H,1H3/t7-,10-/m0/s1. The lowest BCUT2D eigenvalue weighted by Crippen LogP contribution is -2.37. The third-order valence-corrected chi connectivity index (χ3v) is 4.28. The maximum absolute atomic E-state index is 12.7. The van der Waals surface area contributed by atoms with E-state index in [4.69, 9.17) is 23.2 Å². The van der Waals surface area contributed by atoms with E-state index in [1.54, 1.807) is 6.07 Å². The Bertz CT molecular complexity index is 791. The van der Waals surface area contributed by atoms with Crippen LogP contribution >= 0.6 is 23.2 Å². The van der Waals surface area contributed by atoms with E-state index < -0.39 is 29.7 Å². The highest BCUT2D eigenvalue weighted by Gasteiger charge is 2.60. The first-order valence-electron chi connectivity index (χ1n) is 6.53. The average molecular weight is 371 g/mol. The number of carbonyl (C=O) groups excluding carboxylic acids is 3. The van der Waals surface area contributed by atoms with Crippen LogP contribution in [0.5, 0.6) is 0 Å². The van der Waals surface area contributed by atoms with Crippen molar-refractivity contribution in [3.63, 3.8) is 0 Å². The largest absolute Gasteiger partial charge is 0.464 e. The van der Waals surface area contributed by atoms with Gasteiger partial charge in [0.15, 0.2) is 11.8 Å². The number of imide groups is 1. The minimum Gasteiger partial charge on any atom is -0.464 e. The molecule has 1 fully saturated rings. The van der Waals surface area contributed by atoms with Gasteiger partial charge in [0.05, 0.1) is 28.1 Å². The summed E-state index contributed by atoms with van der Waals surface area (Å²) in [6.07, 6.45) is 0. The highest BCUT2D eigenvalue weighted by molar-refractivity contribution is 6.48. The molecule has 0 spiro atoms. The van der Waals surface area contributed by atoms with E-state index >= 15 is 0 Å². The van der Waals surface area contributed by atoms with E-state index in [1.807, 2.05) is 0 Å². The summed E-state index contributed by atoms with van der Waals surface area (Å²) in [6, 6.07) is 3.06. The first-order chi connectivity index (χ1) is 11.4. The van der Waals surface area contributed by atoms with Crippen LogP contribution in [0.3, 0.4) is 0 Å². The zero-order chi connectivity index (χ0) is 17.6. The molecule has 1 aromatic rings. The minimum absolute atomic E-state index is 0.0275. The van der Waals surface area contributed by atoms with Crippen molar-refractivity contribution in [3.05, 3.63) is 33.2 Å². The zero-order valence-electron chi connectivity index (χ0n) is 12.0. The SMILES string of the molecule is COC(=O)C1=NN(N=O)[C@@H]2C(=O)N(c3c(Cl)cccc3Cl)C(=O)[C@@H]12. The van der Waals surface area contributed by atoms with Gasteiger partial charge in [-0.15, -0.1) is 15.1 Å². The second-order valence-corrected chi connectivity index (χ2v) is 5.70. The van der Waals surface area contributed by atoms with E-state index in [0.717, 1.165) is 12.0 Å². The lowest BCUT2D eigenvalue weighted by atomic mass is 9.98. The van der Waals surface area contributed by atoms with Crippen LogP contribution in [-0.4, -0.2) is 41.8 Å². The minimum atomic E-state index is -1.38. The van der Waals surface area contributed by atoms with Crippen molar-refractivity contribution in [2.45, 2.75) is 6.04 Å². The summed E-state index contributed by atoms with van der Waals surface area (Å²) in [5.74, 6) is -3.88. The van der Waals surface area contributed by atoms with Gasteiger partial charge in [-0.3, -0.25) is 9.59 Å². The van der Waals surface area contributed by atoms with E-state index in [0.29, 0.717) is 5.12 Å². The normalized spacial score (nSPS) is 22.5. The first-order valence-corrected chi connectivity index (χ1v) is 7.29. The number of ether oxygens (including phenoxy) is 1. The lowest BCUT2D eigenvalue weighted by Gasteiger charge is -2.19. The Labute approximate surface area is 144 Å². The quantitative estimate of drug-likeness (QED) is 0.451. The predicted molar refractivity (Wildman–Crippen MR) is 83.3 cm³/mol. The molecule has 2 aliphatic rings. The number of benzene rings is 1. The van der Waals surface area contributed by atoms with Crippen LogP contribution in [0.1, 0.15) is 0 Å². The van der Waals surface area contributed by atoms with Gasteiger partial charge in [0, 0.05) is 0 Å². The second kappa shape index (κ2) is 5.84. The van der Waals surface area contributed by atoms with E-state index in [9.17, 15) is 19.3 Å². The second-order valence-electron chi connectivity index (χ2n) is 4.88. The van der Waals surface area contributed by atoms with Crippen LogP contribution in [-0.2, 0) is 19.1 Å². The predicted octanol–water partition coefficient (Wildman–Crippen LogP) is 1.38. The Kier molecular flexibility index (Phi) is 3.98. The summed E-state index contributed by atoms with van der Waals surface area (Å²) in [6.45, 7) is 0. The number of hydrogen-bond donors (Lipinski definition) is 0. The van der Waals surface area contributed by atoms with Crippen molar-refractivity contribution < 1.29 is 19.1 Å². The van der Waals surface area contributed by atoms with Gasteiger partial charge in [-0.05, 0) is 12.1 Å². The summed E-state index contributed by atoms with van der Waals surface area (Å²) in [5, 5.41) is 6.77. The molecule has 0 radical (unpaired) electrons. The molecule has 2 aliphatic heterocycles. The summed E-state index contributed by atoms with van der Waals surface area (Å²) in [4.78, 5) is 48.8. The molecule has 1 saturated heterocycles. The number of nitrogens with zero attached hydrogens (tertiary/aromatic N) is 4. The van der Waals surface area contributed by atoms with Crippen LogP contribution in [0.25, 0.3) is 0 Å². The van der Waals surface area contributed by atoms with Crippen molar-refractivity contribution in [1.82, 2.24) is 5.12 Å². The fraction of sp³-hybridized carbons (Fsp3) is 0.231. The number of anilines is 1. The Morgan fingerprint density at radius 3 is 2.42 bits per heavy atom. The highest BCUT2D eigenvalue weighted by atomic mass is 35.5. The summed E-state index contributed by atoms with van der Waals surface area (Å²) >= 11 is 12.1. The molecule has 0 aliphatic carbocycles. The molecular formula is C13H8Cl2N4O5. The smallest absolute Gasteiger partial charge is 0.355 e. The number of carbonyl (C=O) groups is 3. The number of hydrazone groups is 1. The molecule has 2 amide bonds. The monoisotopic (exact) mass is 370 g/mol. The van der Waals surface area contributed by atoms with Crippen LogP contribution in [0, 0.1) is 10.8 Å². The molecular weight excluding hydrogens is 363 g/mol. The van der Waals surface area contributed by atoms with Gasteiger partial charge in [-0.2, -0.15) is 0 Å². The molecule has 0 bridgehead atoms. The maximum Gasteiger partial charge on any atom is 0.355 e. The van der Waals surface area contributed by atoms with E-state index in [-0.39, 0.29) is 21.4 Å². The fourth-order valence-corrected chi connectivity index (χ4v) is 3.22. The fourth-order valence-electron chi connectivity index (χ4n) is 2.66. The van der Waals surface area contributed by atoms with Crippen LogP contribution in [0.2, 0.25) is 10.0 Å². The van der Waals surface area contributed by atoms with Crippen LogP contribution < -0.4 is 4.90 Å². The van der Waals surface area contributed by atoms with Crippen LogP contribution in [0.15, 0.2) is 28.6 Å². The van der Waals surface area contributed by atoms with E-state index in [2.05, 4.69) is 15.1 Å².